The Morgan fingerprint density at radius 3 is 1.46 bits per heavy atom. The number of carbonyl (C=O) groups is 4. The Morgan fingerprint density at radius 2 is 1.00 bits per heavy atom. The first-order valence-corrected chi connectivity index (χ1v) is 14.6. The van der Waals surface area contributed by atoms with Crippen molar-refractivity contribution in [1.82, 2.24) is 9.80 Å². The summed E-state index contributed by atoms with van der Waals surface area (Å²) in [5, 5.41) is 0. The Kier molecular flexibility index (Phi) is 9.74. The molecule has 10 nitrogen and oxygen atoms in total. The van der Waals surface area contributed by atoms with Gasteiger partial charge in [-0.25, -0.2) is 19.2 Å². The van der Waals surface area contributed by atoms with Gasteiger partial charge < -0.3 is 18.9 Å². The van der Waals surface area contributed by atoms with Gasteiger partial charge in [-0.3, -0.25) is 9.80 Å². The smallest absolute Gasteiger partial charge is 0.334 e. The minimum absolute atomic E-state index is 0.0288. The summed E-state index contributed by atoms with van der Waals surface area (Å²) in [4.78, 5) is 54.6. The van der Waals surface area contributed by atoms with Gasteiger partial charge in [-0.15, -0.1) is 0 Å². The molecular weight excluding hydrogens is 528 g/mol. The van der Waals surface area contributed by atoms with E-state index in [0.717, 1.165) is 0 Å². The molecule has 226 valence electrons. The van der Waals surface area contributed by atoms with Gasteiger partial charge in [-0.2, -0.15) is 0 Å². The highest BCUT2D eigenvalue weighted by atomic mass is 16.6. The van der Waals surface area contributed by atoms with Crippen molar-refractivity contribution in [3.8, 4) is 0 Å². The van der Waals surface area contributed by atoms with E-state index >= 15 is 0 Å². The molecule has 4 saturated heterocycles. The molecule has 4 bridgehead atoms. The lowest BCUT2D eigenvalue weighted by atomic mass is 10.00. The maximum Gasteiger partial charge on any atom is 0.334 e. The van der Waals surface area contributed by atoms with Crippen LogP contribution in [0.5, 0.6) is 0 Å². The van der Waals surface area contributed by atoms with E-state index in [0.29, 0.717) is 49.7 Å². The molecule has 0 aromatic carbocycles. The molecule has 41 heavy (non-hydrogen) atoms. The van der Waals surface area contributed by atoms with E-state index in [1.54, 1.807) is 46.8 Å². The lowest BCUT2D eigenvalue weighted by molar-refractivity contribution is -0.152. The van der Waals surface area contributed by atoms with Gasteiger partial charge in [-0.05, 0) is 48.7 Å². The molecule has 0 aliphatic carbocycles. The molecule has 4 fully saturated rings. The molecule has 0 N–H and O–H groups in total. The number of allylic oxidation sites excluding steroid dienone is 2. The van der Waals surface area contributed by atoms with E-state index in [1.807, 2.05) is 14.1 Å². The highest BCUT2D eigenvalue weighted by Crippen LogP contribution is 2.39. The second-order valence-electron chi connectivity index (χ2n) is 11.9. The van der Waals surface area contributed by atoms with Crippen molar-refractivity contribution >= 4 is 23.9 Å². The van der Waals surface area contributed by atoms with Crippen LogP contribution in [-0.4, -0.2) is 96.4 Å². The summed E-state index contributed by atoms with van der Waals surface area (Å²) in [6, 6.07) is 0.205. The minimum Gasteiger partial charge on any atom is -0.459 e. The molecule has 0 unspecified atom stereocenters. The number of rotatable bonds is 8. The van der Waals surface area contributed by atoms with Crippen LogP contribution in [0.25, 0.3) is 0 Å². The molecule has 0 aromatic rings. The van der Waals surface area contributed by atoms with Crippen LogP contribution in [0.1, 0.15) is 73.1 Å². The van der Waals surface area contributed by atoms with Crippen molar-refractivity contribution < 1.29 is 38.1 Å². The van der Waals surface area contributed by atoms with Crippen LogP contribution < -0.4 is 0 Å². The summed E-state index contributed by atoms with van der Waals surface area (Å²) in [7, 11) is 4.01. The maximum absolute atomic E-state index is 12.9. The predicted molar refractivity (Wildman–Crippen MR) is 151 cm³/mol. The molecule has 0 saturated carbocycles. The van der Waals surface area contributed by atoms with E-state index < -0.39 is 11.9 Å². The minimum atomic E-state index is -0.583. The molecule has 4 aliphatic heterocycles. The first-order valence-electron chi connectivity index (χ1n) is 14.6. The van der Waals surface area contributed by atoms with Crippen molar-refractivity contribution in [3.63, 3.8) is 0 Å². The zero-order valence-corrected chi connectivity index (χ0v) is 25.3. The number of hydrogen-bond acceptors (Lipinski definition) is 10. The number of carbonyl (C=O) groups excluding carboxylic acids is 4. The SMILES string of the molecule is C/C=C(/C)C(=O)O[C@@H]1C[C@H]2C[C@H](OC(=O)/C(C)=C/C(=O)O[C@H]3C[C@@H]4C[C@@H](OC(=O)/C(C)=C\C)[C@H](C3)N4C)[C@@H](C1)N2C. The topological polar surface area (TPSA) is 112 Å². The summed E-state index contributed by atoms with van der Waals surface area (Å²) in [5.41, 5.74) is 1.32. The standard InChI is InChI=1S/C31H44N2O8/c1-8-17(3)29(35)39-23-12-21-14-27(25(16-23)33(21)7)41-31(37)19(5)10-28(34)38-22-11-20-13-26(24(15-22)32(20)6)40-30(36)18(4)9-2/h8-10,20-27H,11-16H2,1-7H3/b17-8-,18-9-,19-10+/t20-,21+,22+,23-,24+,25-,26-,27+/m1/s1. The first kappa shape index (κ1) is 31.0. The fraction of sp³-hybridized carbons (Fsp3) is 0.677. The Morgan fingerprint density at radius 1 is 0.585 bits per heavy atom. The maximum atomic E-state index is 12.9. The Hall–Kier alpha value is -2.98. The molecule has 0 radical (unpaired) electrons. The average molecular weight is 573 g/mol. The Labute approximate surface area is 242 Å². The third-order valence-corrected chi connectivity index (χ3v) is 9.38. The lowest BCUT2D eigenvalue weighted by Gasteiger charge is -2.36. The second-order valence-corrected chi connectivity index (χ2v) is 11.9. The third-order valence-electron chi connectivity index (χ3n) is 9.38. The highest BCUT2D eigenvalue weighted by molar-refractivity contribution is 5.96. The van der Waals surface area contributed by atoms with Crippen molar-refractivity contribution in [2.24, 2.45) is 0 Å². The van der Waals surface area contributed by atoms with E-state index in [-0.39, 0.29) is 66.1 Å². The normalized spacial score (nSPS) is 34.3. The van der Waals surface area contributed by atoms with Crippen molar-refractivity contribution in [1.29, 1.82) is 0 Å². The van der Waals surface area contributed by atoms with E-state index in [2.05, 4.69) is 9.80 Å². The number of piperidine rings is 2. The van der Waals surface area contributed by atoms with E-state index in [4.69, 9.17) is 18.9 Å². The number of nitrogens with zero attached hydrogens (tertiary/aromatic N) is 2. The fourth-order valence-electron chi connectivity index (χ4n) is 6.57. The van der Waals surface area contributed by atoms with Crippen LogP contribution >= 0.6 is 0 Å². The monoisotopic (exact) mass is 572 g/mol. The summed E-state index contributed by atoms with van der Waals surface area (Å²) in [6.45, 7) is 8.62. The number of likely N-dealkylation sites (N-methyl/N-ethyl adjacent to an activating group) is 2. The average Bonchev–Trinajstić information content (AvgIpc) is 3.19. The number of hydrogen-bond donors (Lipinski definition) is 0. The molecule has 0 aromatic heterocycles. The van der Waals surface area contributed by atoms with Crippen LogP contribution in [-0.2, 0) is 38.1 Å². The Bertz CT molecular complexity index is 1140. The predicted octanol–water partition coefficient (Wildman–Crippen LogP) is 3.25. The molecule has 4 aliphatic rings. The molecule has 4 heterocycles. The second kappa shape index (κ2) is 12.9. The molecular formula is C31H44N2O8. The highest BCUT2D eigenvalue weighted by Gasteiger charge is 2.49. The van der Waals surface area contributed by atoms with Gasteiger partial charge in [0.25, 0.3) is 0 Å². The number of fused-ring (bicyclic) bond motifs is 4. The third kappa shape index (κ3) is 6.92. The lowest BCUT2D eigenvalue weighted by Crippen LogP contribution is -2.46. The van der Waals surface area contributed by atoms with E-state index in [9.17, 15) is 19.2 Å². The number of esters is 4. The van der Waals surface area contributed by atoms with Gasteiger partial charge in [0.1, 0.15) is 24.4 Å². The summed E-state index contributed by atoms with van der Waals surface area (Å²) in [5.74, 6) is -1.77. The van der Waals surface area contributed by atoms with Crippen LogP contribution in [0.15, 0.2) is 34.9 Å². The quantitative estimate of drug-likeness (QED) is 0.244. The first-order chi connectivity index (χ1) is 19.4. The molecule has 0 amide bonds. The largest absolute Gasteiger partial charge is 0.459 e. The van der Waals surface area contributed by atoms with Gasteiger partial charge in [0.15, 0.2) is 0 Å². The molecule has 8 atom stereocenters. The van der Waals surface area contributed by atoms with Crippen molar-refractivity contribution in [3.05, 3.63) is 34.9 Å². The summed E-state index contributed by atoms with van der Waals surface area (Å²) < 4.78 is 23.0. The van der Waals surface area contributed by atoms with Crippen LogP contribution in [0.3, 0.4) is 0 Å². The van der Waals surface area contributed by atoms with Gasteiger partial charge in [-0.1, -0.05) is 12.2 Å². The van der Waals surface area contributed by atoms with Crippen molar-refractivity contribution in [2.75, 3.05) is 14.1 Å². The zero-order chi connectivity index (χ0) is 30.0. The van der Waals surface area contributed by atoms with Crippen LogP contribution in [0, 0.1) is 0 Å². The molecule has 4 rings (SSSR count). The summed E-state index contributed by atoms with van der Waals surface area (Å²) in [6.07, 6.45) is 7.34. The van der Waals surface area contributed by atoms with Gasteiger partial charge in [0, 0.05) is 73.4 Å². The van der Waals surface area contributed by atoms with E-state index in [1.165, 1.54) is 6.08 Å². The Balaban J connectivity index is 1.29. The van der Waals surface area contributed by atoms with Gasteiger partial charge in [0.05, 0.1) is 12.1 Å². The fourth-order valence-corrected chi connectivity index (χ4v) is 6.57. The zero-order valence-electron chi connectivity index (χ0n) is 25.3. The van der Waals surface area contributed by atoms with Crippen molar-refractivity contribution in [2.45, 2.75) is 122 Å². The van der Waals surface area contributed by atoms with Gasteiger partial charge in [0.2, 0.25) is 0 Å². The molecule has 0 spiro atoms. The summed E-state index contributed by atoms with van der Waals surface area (Å²) >= 11 is 0. The molecule has 10 heteroatoms. The van der Waals surface area contributed by atoms with Crippen LogP contribution in [0.2, 0.25) is 0 Å². The number of ether oxygens (including phenoxy) is 4. The van der Waals surface area contributed by atoms with Crippen LogP contribution in [0.4, 0.5) is 0 Å². The van der Waals surface area contributed by atoms with Gasteiger partial charge >= 0.3 is 23.9 Å².